The van der Waals surface area contributed by atoms with Crippen LogP contribution in [-0.4, -0.2) is 42.6 Å². The van der Waals surface area contributed by atoms with E-state index in [9.17, 15) is 4.79 Å². The number of hydrogen-bond donors (Lipinski definition) is 1. The third-order valence-corrected chi connectivity index (χ3v) is 2.92. The number of rotatable bonds is 9. The van der Waals surface area contributed by atoms with Crippen LogP contribution in [0.15, 0.2) is 22.8 Å². The Kier molecular flexibility index (Phi) is 7.14. The Morgan fingerprint density at radius 3 is 2.84 bits per heavy atom. The first-order valence-electron chi connectivity index (χ1n) is 6.21. The molecular weight excluding hydrogens is 264 g/mol. The molecule has 0 unspecified atom stereocenters. The van der Waals surface area contributed by atoms with Gasteiger partial charge in [-0.2, -0.15) is 0 Å². The van der Waals surface area contributed by atoms with E-state index in [0.717, 1.165) is 5.76 Å². The molecule has 1 rings (SSSR count). The predicted molar refractivity (Wildman–Crippen MR) is 76.9 cm³/mol. The third-order valence-electron chi connectivity index (χ3n) is 2.71. The molecule has 1 aromatic rings. The van der Waals surface area contributed by atoms with Gasteiger partial charge in [-0.1, -0.05) is 12.2 Å². The van der Waals surface area contributed by atoms with E-state index >= 15 is 0 Å². The number of amides is 1. The zero-order valence-corrected chi connectivity index (χ0v) is 11.9. The Morgan fingerprint density at radius 2 is 2.26 bits per heavy atom. The van der Waals surface area contributed by atoms with Gasteiger partial charge in [-0.15, -0.1) is 0 Å². The minimum atomic E-state index is 0.0599. The molecule has 1 heterocycles. The molecular formula is C13H20N2O3S. The molecule has 0 atom stereocenters. The lowest BCUT2D eigenvalue weighted by Crippen LogP contribution is -2.36. The maximum Gasteiger partial charge on any atom is 0.223 e. The first kappa shape index (κ1) is 15.7. The quantitative estimate of drug-likeness (QED) is 0.694. The van der Waals surface area contributed by atoms with Crippen LogP contribution in [0.5, 0.6) is 0 Å². The highest BCUT2D eigenvalue weighted by Crippen LogP contribution is 2.06. The van der Waals surface area contributed by atoms with Crippen LogP contribution in [0.25, 0.3) is 0 Å². The van der Waals surface area contributed by atoms with Crippen LogP contribution in [0.2, 0.25) is 0 Å². The van der Waals surface area contributed by atoms with Crippen molar-refractivity contribution in [2.75, 3.05) is 26.8 Å². The molecule has 0 aliphatic carbocycles. The number of aryl methyl sites for hydroxylation is 1. The molecule has 1 aromatic heterocycles. The lowest BCUT2D eigenvalue weighted by Gasteiger charge is -2.22. The molecule has 0 radical (unpaired) electrons. The van der Waals surface area contributed by atoms with Gasteiger partial charge in [-0.25, -0.2) is 0 Å². The van der Waals surface area contributed by atoms with Crippen LogP contribution < -0.4 is 5.73 Å². The van der Waals surface area contributed by atoms with Crippen molar-refractivity contribution in [2.45, 2.75) is 19.3 Å². The van der Waals surface area contributed by atoms with E-state index in [4.69, 9.17) is 27.1 Å². The number of carbonyl (C=O) groups is 1. The molecule has 6 heteroatoms. The summed E-state index contributed by atoms with van der Waals surface area (Å²) in [4.78, 5) is 14.2. The van der Waals surface area contributed by atoms with Gasteiger partial charge < -0.3 is 19.8 Å². The average molecular weight is 284 g/mol. The summed E-state index contributed by atoms with van der Waals surface area (Å²) in [6, 6.07) is 3.68. The Labute approximate surface area is 118 Å². The molecule has 5 nitrogen and oxygen atoms in total. The molecule has 0 aromatic carbocycles. The van der Waals surface area contributed by atoms with E-state index in [-0.39, 0.29) is 5.91 Å². The number of methoxy groups -OCH3 is 1. The largest absolute Gasteiger partial charge is 0.469 e. The van der Waals surface area contributed by atoms with Crippen LogP contribution >= 0.6 is 12.2 Å². The normalized spacial score (nSPS) is 10.4. The maximum atomic E-state index is 12.1. The Bertz CT molecular complexity index is 393. The second kappa shape index (κ2) is 8.66. The fourth-order valence-corrected chi connectivity index (χ4v) is 1.74. The van der Waals surface area contributed by atoms with Gasteiger partial charge in [0.1, 0.15) is 5.76 Å². The van der Waals surface area contributed by atoms with Crippen molar-refractivity contribution >= 4 is 23.1 Å². The van der Waals surface area contributed by atoms with E-state index < -0.39 is 0 Å². The highest BCUT2D eigenvalue weighted by Gasteiger charge is 2.14. The van der Waals surface area contributed by atoms with Gasteiger partial charge in [0.05, 0.1) is 17.9 Å². The van der Waals surface area contributed by atoms with E-state index in [1.807, 2.05) is 12.1 Å². The number of hydrogen-bond acceptors (Lipinski definition) is 4. The van der Waals surface area contributed by atoms with Gasteiger partial charge >= 0.3 is 0 Å². The zero-order chi connectivity index (χ0) is 14.1. The van der Waals surface area contributed by atoms with Crippen molar-refractivity contribution in [3.05, 3.63) is 24.2 Å². The van der Waals surface area contributed by atoms with Crippen molar-refractivity contribution in [1.29, 1.82) is 0 Å². The van der Waals surface area contributed by atoms with Crippen molar-refractivity contribution < 1.29 is 13.9 Å². The molecule has 0 saturated carbocycles. The zero-order valence-electron chi connectivity index (χ0n) is 11.1. The Morgan fingerprint density at radius 1 is 1.47 bits per heavy atom. The maximum absolute atomic E-state index is 12.1. The number of nitrogens with two attached hydrogens (primary N) is 1. The second-order valence-corrected chi connectivity index (χ2v) is 4.69. The van der Waals surface area contributed by atoms with Crippen LogP contribution in [0.3, 0.4) is 0 Å². The van der Waals surface area contributed by atoms with E-state index in [1.54, 1.807) is 18.3 Å². The van der Waals surface area contributed by atoms with E-state index in [2.05, 4.69) is 0 Å². The molecule has 1 amide bonds. The summed E-state index contributed by atoms with van der Waals surface area (Å²) in [5.74, 6) is 0.874. The van der Waals surface area contributed by atoms with Gasteiger partial charge in [-0.05, 0) is 12.1 Å². The van der Waals surface area contributed by atoms with Gasteiger partial charge in [0, 0.05) is 39.5 Å². The topological polar surface area (TPSA) is 68.7 Å². The van der Waals surface area contributed by atoms with E-state index in [0.29, 0.717) is 43.9 Å². The van der Waals surface area contributed by atoms with Crippen LogP contribution in [-0.2, 0) is 16.0 Å². The fourth-order valence-electron chi connectivity index (χ4n) is 1.65. The summed E-state index contributed by atoms with van der Waals surface area (Å²) in [5.41, 5.74) is 5.47. The van der Waals surface area contributed by atoms with Crippen molar-refractivity contribution in [3.8, 4) is 0 Å². The molecule has 106 valence electrons. The molecule has 0 saturated heterocycles. The molecule has 19 heavy (non-hydrogen) atoms. The fraction of sp³-hybridized carbons (Fsp3) is 0.538. The summed E-state index contributed by atoms with van der Waals surface area (Å²) in [6.07, 6.45) is 3.15. The summed E-state index contributed by atoms with van der Waals surface area (Å²) >= 11 is 4.84. The summed E-state index contributed by atoms with van der Waals surface area (Å²) in [7, 11) is 1.61. The van der Waals surface area contributed by atoms with E-state index in [1.165, 1.54) is 0 Å². The van der Waals surface area contributed by atoms with Crippen molar-refractivity contribution in [2.24, 2.45) is 5.73 Å². The molecule has 2 N–H and O–H groups in total. The number of nitrogens with zero attached hydrogens (tertiary/aromatic N) is 1. The first-order valence-corrected chi connectivity index (χ1v) is 6.61. The van der Waals surface area contributed by atoms with Crippen molar-refractivity contribution in [3.63, 3.8) is 0 Å². The van der Waals surface area contributed by atoms with Gasteiger partial charge in [0.2, 0.25) is 5.91 Å². The SMILES string of the molecule is COCCN(CCC(N)=S)C(=O)CCc1ccco1. The van der Waals surface area contributed by atoms with Crippen molar-refractivity contribution in [1.82, 2.24) is 4.90 Å². The van der Waals surface area contributed by atoms with Gasteiger partial charge in [-0.3, -0.25) is 4.79 Å². The predicted octanol–water partition coefficient (Wildman–Crippen LogP) is 1.36. The third kappa shape index (κ3) is 6.35. The summed E-state index contributed by atoms with van der Waals surface area (Å²) in [5, 5.41) is 0. The highest BCUT2D eigenvalue weighted by molar-refractivity contribution is 7.80. The lowest BCUT2D eigenvalue weighted by atomic mass is 10.2. The molecule has 0 aliphatic heterocycles. The first-order chi connectivity index (χ1) is 9.13. The Hall–Kier alpha value is -1.40. The minimum Gasteiger partial charge on any atom is -0.469 e. The van der Waals surface area contributed by atoms with Crippen LogP contribution in [0.4, 0.5) is 0 Å². The average Bonchev–Trinajstić information content (AvgIpc) is 2.89. The summed E-state index contributed by atoms with van der Waals surface area (Å²) in [6.45, 7) is 1.59. The molecule has 0 fully saturated rings. The number of furan rings is 1. The van der Waals surface area contributed by atoms with Gasteiger partial charge in [0.15, 0.2) is 0 Å². The smallest absolute Gasteiger partial charge is 0.223 e. The molecule has 0 aliphatic rings. The standard InChI is InChI=1S/C13H20N2O3S/c1-17-10-8-15(7-6-12(14)19)13(16)5-4-11-3-2-9-18-11/h2-3,9H,4-8,10H2,1H3,(H2,14,19). The lowest BCUT2D eigenvalue weighted by molar-refractivity contribution is -0.131. The minimum absolute atomic E-state index is 0.0599. The number of ether oxygens (including phenoxy) is 1. The molecule has 0 spiro atoms. The number of thiocarbonyl (C=S) groups is 1. The highest BCUT2D eigenvalue weighted by atomic mass is 32.1. The monoisotopic (exact) mass is 284 g/mol. The summed E-state index contributed by atoms with van der Waals surface area (Å²) < 4.78 is 10.2. The molecule has 0 bridgehead atoms. The van der Waals surface area contributed by atoms with Crippen LogP contribution in [0.1, 0.15) is 18.6 Å². The second-order valence-electron chi connectivity index (χ2n) is 4.17. The number of carbonyl (C=O) groups excluding carboxylic acids is 1. The Balaban J connectivity index is 2.42. The van der Waals surface area contributed by atoms with Gasteiger partial charge in [0.25, 0.3) is 0 Å². The van der Waals surface area contributed by atoms with Crippen LogP contribution in [0, 0.1) is 0 Å².